The minimum Gasteiger partial charge on any atom is -0.356 e. The van der Waals surface area contributed by atoms with Gasteiger partial charge in [-0.25, -0.2) is 4.90 Å². The highest BCUT2D eigenvalue weighted by atomic mass is 35.5. The van der Waals surface area contributed by atoms with Gasteiger partial charge in [-0.1, -0.05) is 105 Å². The van der Waals surface area contributed by atoms with E-state index in [9.17, 15) is 19.2 Å². The van der Waals surface area contributed by atoms with Crippen LogP contribution in [0.25, 0.3) is 0 Å². The number of amides is 2. The average Bonchev–Trinajstić information content (AvgIpc) is 3.35. The average molecular weight is 696 g/mol. The van der Waals surface area contributed by atoms with Crippen LogP contribution in [0.2, 0.25) is 40.2 Å². The molecule has 1 aliphatic carbocycles. The molecule has 2 aliphatic heterocycles. The first-order valence-electron chi connectivity index (χ1n) is 11.2. The molecular weight excluding hydrogens is 688 g/mol. The molecule has 3 aromatic rings. The molecule has 3 aliphatic rings. The van der Waals surface area contributed by atoms with Crippen LogP contribution in [0.1, 0.15) is 53.4 Å². The van der Waals surface area contributed by atoms with Crippen LogP contribution < -0.4 is 10.2 Å². The lowest BCUT2D eigenvalue weighted by molar-refractivity contribution is 0.0922. The zero-order valence-corrected chi connectivity index (χ0v) is 25.3. The second-order valence-electron chi connectivity index (χ2n) is 8.91. The Labute approximate surface area is 265 Å². The molecule has 2 amide bonds. The van der Waals surface area contributed by atoms with Crippen molar-refractivity contribution in [1.82, 2.24) is 0 Å². The number of carbonyl (C=O) groups is 4. The second-order valence-corrected chi connectivity index (χ2v) is 11.9. The smallest absolute Gasteiger partial charge is 0.267 e. The first-order chi connectivity index (χ1) is 18.9. The summed E-state index contributed by atoms with van der Waals surface area (Å²) in [6.07, 6.45) is 0.607. The fourth-order valence-electron chi connectivity index (χ4n) is 5.04. The van der Waals surface area contributed by atoms with Crippen LogP contribution in [0.4, 0.5) is 11.4 Å². The molecule has 0 bridgehead atoms. The molecule has 0 atom stereocenters. The number of halogens is 8. The van der Waals surface area contributed by atoms with Gasteiger partial charge >= 0.3 is 0 Å². The molecule has 1 N–H and O–H groups in total. The summed E-state index contributed by atoms with van der Waals surface area (Å²) in [4.78, 5) is 54.8. The maximum absolute atomic E-state index is 13.5. The van der Waals surface area contributed by atoms with Crippen molar-refractivity contribution in [2.75, 3.05) is 10.2 Å². The highest BCUT2D eigenvalue weighted by Gasteiger charge is 2.45. The normalized spacial score (nSPS) is 16.1. The molecule has 0 fully saturated rings. The summed E-state index contributed by atoms with van der Waals surface area (Å²) in [5.74, 6) is -2.91. The minimum atomic E-state index is -0.774. The highest BCUT2D eigenvalue weighted by Crippen LogP contribution is 2.49. The van der Waals surface area contributed by atoms with E-state index >= 15 is 0 Å². The van der Waals surface area contributed by atoms with Crippen LogP contribution in [0.5, 0.6) is 0 Å². The number of benzene rings is 3. The fourth-order valence-corrected chi connectivity index (χ4v) is 7.08. The van der Waals surface area contributed by atoms with Crippen molar-refractivity contribution in [1.29, 1.82) is 0 Å². The summed E-state index contributed by atoms with van der Waals surface area (Å²) in [6.45, 7) is 0. The first-order valence-corrected chi connectivity index (χ1v) is 14.2. The fraction of sp³-hybridized carbons (Fsp3) is 0.0769. The summed E-state index contributed by atoms with van der Waals surface area (Å²) in [6, 6.07) is 4.96. The molecule has 202 valence electrons. The summed E-state index contributed by atoms with van der Waals surface area (Å²) >= 11 is 49.7. The predicted molar refractivity (Wildman–Crippen MR) is 158 cm³/mol. The highest BCUT2D eigenvalue weighted by molar-refractivity contribution is 6.58. The van der Waals surface area contributed by atoms with E-state index in [0.717, 1.165) is 4.90 Å². The molecule has 0 saturated carbocycles. The van der Waals surface area contributed by atoms with Crippen molar-refractivity contribution >= 4 is 128 Å². The zero-order chi connectivity index (χ0) is 28.9. The third kappa shape index (κ3) is 3.71. The second kappa shape index (κ2) is 9.79. The van der Waals surface area contributed by atoms with Gasteiger partial charge in [0.05, 0.1) is 79.4 Å². The van der Waals surface area contributed by atoms with Gasteiger partial charge in [0, 0.05) is 5.70 Å². The Morgan fingerprint density at radius 3 is 1.50 bits per heavy atom. The number of para-hydroxylation sites is 1. The van der Waals surface area contributed by atoms with E-state index in [2.05, 4.69) is 5.32 Å². The van der Waals surface area contributed by atoms with E-state index in [-0.39, 0.29) is 85.8 Å². The van der Waals surface area contributed by atoms with E-state index in [0.29, 0.717) is 17.7 Å². The van der Waals surface area contributed by atoms with Crippen molar-refractivity contribution in [2.45, 2.75) is 12.8 Å². The molecular formula is C26H8Cl8N2O4. The monoisotopic (exact) mass is 692 g/mol. The van der Waals surface area contributed by atoms with Crippen LogP contribution in [-0.2, 0) is 6.42 Å². The molecule has 6 nitrogen and oxygen atoms in total. The Hall–Kier alpha value is -2.00. The van der Waals surface area contributed by atoms with Gasteiger partial charge in [0.2, 0.25) is 11.6 Å². The number of nitrogens with one attached hydrogen (secondary N) is 1. The van der Waals surface area contributed by atoms with Crippen LogP contribution in [-0.4, -0.2) is 23.4 Å². The Morgan fingerprint density at radius 1 is 0.575 bits per heavy atom. The van der Waals surface area contributed by atoms with Crippen LogP contribution in [0.3, 0.4) is 0 Å². The van der Waals surface area contributed by atoms with E-state index in [1.807, 2.05) is 0 Å². The Kier molecular flexibility index (Phi) is 6.88. The number of allylic oxidation sites excluding steroid dienone is 2. The number of Topliss-reactive ketones (excluding diaryl/α,β-unsaturated/α-hetero) is 2. The molecule has 0 unspecified atom stereocenters. The van der Waals surface area contributed by atoms with Gasteiger partial charge < -0.3 is 5.32 Å². The van der Waals surface area contributed by atoms with Gasteiger partial charge in [-0.15, -0.1) is 0 Å². The molecule has 14 heteroatoms. The van der Waals surface area contributed by atoms with Gasteiger partial charge in [0.25, 0.3) is 11.8 Å². The van der Waals surface area contributed by atoms with E-state index in [4.69, 9.17) is 92.8 Å². The van der Waals surface area contributed by atoms with E-state index in [1.54, 1.807) is 12.1 Å². The van der Waals surface area contributed by atoms with Crippen molar-refractivity contribution in [2.24, 2.45) is 0 Å². The van der Waals surface area contributed by atoms with Gasteiger partial charge in [-0.2, -0.15) is 0 Å². The number of anilines is 2. The molecule has 40 heavy (non-hydrogen) atoms. The molecule has 0 saturated heterocycles. The van der Waals surface area contributed by atoms with Crippen LogP contribution in [0.15, 0.2) is 29.5 Å². The lowest BCUT2D eigenvalue weighted by Crippen LogP contribution is -2.31. The van der Waals surface area contributed by atoms with Gasteiger partial charge in [-0.05, 0) is 24.5 Å². The number of aryl methyl sites for hydroxylation is 1. The molecule has 6 rings (SSSR count). The Bertz CT molecular complexity index is 1750. The SMILES string of the molecule is O=C1C(=C2CCc3cccc(N4C(=O)c5c(Cl)c(Cl)c(Cl)c(Cl)c5C4=O)c3N2)C(=O)c2c(Cl)c(Cl)c(Cl)c(Cl)c21. The number of hydrogen-bond donors (Lipinski definition) is 1. The number of imide groups is 1. The van der Waals surface area contributed by atoms with E-state index in [1.165, 1.54) is 6.07 Å². The van der Waals surface area contributed by atoms with Gasteiger partial charge in [0.1, 0.15) is 0 Å². The third-order valence-electron chi connectivity index (χ3n) is 6.87. The molecule has 0 spiro atoms. The number of hydrogen-bond acceptors (Lipinski definition) is 5. The number of carbonyl (C=O) groups excluding carboxylic acids is 4. The van der Waals surface area contributed by atoms with E-state index < -0.39 is 23.4 Å². The molecule has 0 aromatic heterocycles. The van der Waals surface area contributed by atoms with Crippen molar-refractivity contribution in [3.8, 4) is 0 Å². The van der Waals surface area contributed by atoms with Crippen molar-refractivity contribution < 1.29 is 19.2 Å². The largest absolute Gasteiger partial charge is 0.356 e. The Morgan fingerprint density at radius 2 is 1.02 bits per heavy atom. The quantitative estimate of drug-likeness (QED) is 0.0902. The molecule has 3 aromatic carbocycles. The first kappa shape index (κ1) is 28.1. The van der Waals surface area contributed by atoms with Crippen molar-refractivity contribution in [3.05, 3.63) is 97.5 Å². The number of ketones is 2. The number of nitrogens with zero attached hydrogens (tertiary/aromatic N) is 1. The summed E-state index contributed by atoms with van der Waals surface area (Å²) in [5.41, 5.74) is 0.539. The Balaban J connectivity index is 1.48. The topological polar surface area (TPSA) is 83.6 Å². The van der Waals surface area contributed by atoms with Gasteiger partial charge in [-0.3, -0.25) is 19.2 Å². The van der Waals surface area contributed by atoms with Crippen LogP contribution in [0, 0.1) is 0 Å². The molecule has 2 heterocycles. The number of rotatable bonds is 1. The predicted octanol–water partition coefficient (Wildman–Crippen LogP) is 9.41. The lowest BCUT2D eigenvalue weighted by atomic mass is 9.95. The third-order valence-corrected chi connectivity index (χ3v) is 10.5. The molecule has 0 radical (unpaired) electrons. The van der Waals surface area contributed by atoms with Crippen LogP contribution >= 0.6 is 92.8 Å². The van der Waals surface area contributed by atoms with Gasteiger partial charge in [0.15, 0.2) is 0 Å². The lowest BCUT2D eigenvalue weighted by Gasteiger charge is -2.27. The standard InChI is InChI=1S/C26H8Cl8N2O4/c27-14-10-11(15(28)19(32)18(14)31)24(38)9(23(10)37)7-5-4-6-2-1-3-8(22(6)35-7)36-25(39)12-13(26(36)40)17(30)21(34)20(33)16(12)29/h1-3,35H,4-5H2. The maximum atomic E-state index is 13.5. The maximum Gasteiger partial charge on any atom is 0.267 e. The zero-order valence-electron chi connectivity index (χ0n) is 19.3. The summed E-state index contributed by atoms with van der Waals surface area (Å²) in [5, 5.41) is 1.68. The number of fused-ring (bicyclic) bond motifs is 3. The summed E-state index contributed by atoms with van der Waals surface area (Å²) < 4.78 is 0. The summed E-state index contributed by atoms with van der Waals surface area (Å²) in [7, 11) is 0. The minimum absolute atomic E-state index is 0.137. The van der Waals surface area contributed by atoms with Crippen molar-refractivity contribution in [3.63, 3.8) is 0 Å².